The van der Waals surface area contributed by atoms with Crippen molar-refractivity contribution >= 4 is 21.7 Å². The molecular formula is C13H20BrN3O. The molecule has 0 bridgehead atoms. The zero-order valence-electron chi connectivity index (χ0n) is 11.1. The molecule has 4 nitrogen and oxygen atoms in total. The lowest BCUT2D eigenvalue weighted by Gasteiger charge is -2.19. The maximum absolute atomic E-state index is 9.65. The third-order valence-corrected chi connectivity index (χ3v) is 3.85. The second-order valence-corrected chi connectivity index (χ2v) is 6.11. The van der Waals surface area contributed by atoms with E-state index in [1.165, 1.54) is 0 Å². The van der Waals surface area contributed by atoms with E-state index in [1.807, 2.05) is 13.0 Å². The first-order valence-corrected chi connectivity index (χ1v) is 7.24. The Morgan fingerprint density at radius 1 is 1.39 bits per heavy atom. The van der Waals surface area contributed by atoms with Crippen LogP contribution in [-0.4, -0.2) is 34.3 Å². The highest BCUT2D eigenvalue weighted by atomic mass is 79.9. The predicted octanol–water partition coefficient (Wildman–Crippen LogP) is 2.57. The fourth-order valence-electron chi connectivity index (χ4n) is 2.23. The van der Waals surface area contributed by atoms with Crippen LogP contribution in [0.2, 0.25) is 0 Å². The van der Waals surface area contributed by atoms with Gasteiger partial charge in [-0.05, 0) is 29.3 Å². The summed E-state index contributed by atoms with van der Waals surface area (Å²) in [6.07, 6.45) is 0.779. The van der Waals surface area contributed by atoms with Crippen LogP contribution in [0.5, 0.6) is 0 Å². The molecule has 0 saturated carbocycles. The van der Waals surface area contributed by atoms with E-state index in [-0.39, 0.29) is 6.10 Å². The molecule has 2 heterocycles. The summed E-state index contributed by atoms with van der Waals surface area (Å²) in [4.78, 5) is 11.2. The average molecular weight is 314 g/mol. The molecule has 0 radical (unpaired) electrons. The molecule has 1 saturated heterocycles. The van der Waals surface area contributed by atoms with Crippen molar-refractivity contribution in [1.82, 2.24) is 9.97 Å². The van der Waals surface area contributed by atoms with Crippen molar-refractivity contribution < 1.29 is 5.11 Å². The van der Waals surface area contributed by atoms with Crippen LogP contribution < -0.4 is 4.90 Å². The number of aliphatic hydroxyl groups is 1. The van der Waals surface area contributed by atoms with Gasteiger partial charge in [-0.25, -0.2) is 9.97 Å². The molecule has 0 spiro atoms. The van der Waals surface area contributed by atoms with Gasteiger partial charge in [0, 0.05) is 31.0 Å². The predicted molar refractivity (Wildman–Crippen MR) is 75.8 cm³/mol. The number of halogens is 1. The van der Waals surface area contributed by atoms with Crippen molar-refractivity contribution in [2.75, 3.05) is 18.0 Å². The first kappa shape index (κ1) is 13.7. The van der Waals surface area contributed by atoms with E-state index in [9.17, 15) is 5.11 Å². The third kappa shape index (κ3) is 3.01. The molecule has 100 valence electrons. The first-order chi connectivity index (χ1) is 8.47. The van der Waals surface area contributed by atoms with Gasteiger partial charge in [0.05, 0.1) is 6.10 Å². The molecule has 1 aromatic heterocycles. The van der Waals surface area contributed by atoms with Crippen LogP contribution in [0.4, 0.5) is 5.82 Å². The number of hydrogen-bond acceptors (Lipinski definition) is 4. The largest absolute Gasteiger partial charge is 0.393 e. The van der Waals surface area contributed by atoms with E-state index in [0.29, 0.717) is 11.8 Å². The maximum Gasteiger partial charge on any atom is 0.134 e. The molecule has 1 N–H and O–H groups in total. The van der Waals surface area contributed by atoms with E-state index >= 15 is 0 Å². The second kappa shape index (κ2) is 5.53. The summed E-state index contributed by atoms with van der Waals surface area (Å²) < 4.78 is 0.830. The highest BCUT2D eigenvalue weighted by Crippen LogP contribution is 2.27. The molecule has 1 aliphatic heterocycles. The number of aliphatic hydroxyl groups excluding tert-OH is 1. The monoisotopic (exact) mass is 313 g/mol. The molecule has 18 heavy (non-hydrogen) atoms. The molecule has 0 amide bonds. The Morgan fingerprint density at radius 2 is 2.11 bits per heavy atom. The minimum absolute atomic E-state index is 0.246. The Hall–Kier alpha value is -0.680. The molecule has 0 aliphatic carbocycles. The zero-order valence-corrected chi connectivity index (χ0v) is 12.7. The molecule has 1 aromatic rings. The molecule has 1 aliphatic rings. The Kier molecular flexibility index (Phi) is 4.22. The van der Waals surface area contributed by atoms with Crippen LogP contribution in [0, 0.1) is 5.92 Å². The van der Waals surface area contributed by atoms with E-state index in [4.69, 9.17) is 0 Å². The summed E-state index contributed by atoms with van der Waals surface area (Å²) in [5.41, 5.74) is 0. The Morgan fingerprint density at radius 3 is 2.67 bits per heavy atom. The quantitative estimate of drug-likeness (QED) is 0.871. The molecule has 5 heteroatoms. The fourth-order valence-corrected chi connectivity index (χ4v) is 2.62. The van der Waals surface area contributed by atoms with Crippen molar-refractivity contribution in [2.24, 2.45) is 5.92 Å². The number of nitrogens with zero attached hydrogens (tertiary/aromatic N) is 3. The molecule has 0 aromatic carbocycles. The first-order valence-electron chi connectivity index (χ1n) is 6.45. The van der Waals surface area contributed by atoms with Gasteiger partial charge in [0.1, 0.15) is 16.2 Å². The molecule has 2 rings (SSSR count). The highest BCUT2D eigenvalue weighted by molar-refractivity contribution is 9.10. The van der Waals surface area contributed by atoms with Gasteiger partial charge >= 0.3 is 0 Å². The Balaban J connectivity index is 2.19. The van der Waals surface area contributed by atoms with Crippen molar-refractivity contribution in [3.63, 3.8) is 0 Å². The van der Waals surface area contributed by atoms with Crippen LogP contribution in [0.15, 0.2) is 10.7 Å². The lowest BCUT2D eigenvalue weighted by Crippen LogP contribution is -2.25. The van der Waals surface area contributed by atoms with Crippen LogP contribution in [-0.2, 0) is 0 Å². The number of rotatable bonds is 3. The summed E-state index contributed by atoms with van der Waals surface area (Å²) >= 11 is 3.45. The van der Waals surface area contributed by atoms with Gasteiger partial charge in [0.2, 0.25) is 0 Å². The van der Waals surface area contributed by atoms with Gasteiger partial charge in [0.25, 0.3) is 0 Å². The number of hydrogen-bond donors (Lipinski definition) is 1. The van der Waals surface area contributed by atoms with Gasteiger partial charge in [-0.1, -0.05) is 13.8 Å². The topological polar surface area (TPSA) is 49.2 Å². The summed E-state index contributed by atoms with van der Waals surface area (Å²) in [5, 5.41) is 9.65. The molecule has 2 unspecified atom stereocenters. The van der Waals surface area contributed by atoms with Crippen molar-refractivity contribution in [3.05, 3.63) is 16.5 Å². The van der Waals surface area contributed by atoms with Crippen LogP contribution in [0.1, 0.15) is 38.9 Å². The van der Waals surface area contributed by atoms with Gasteiger partial charge < -0.3 is 10.0 Å². The SMILES string of the molecule is CC(C)c1nc(Br)cc(N2CCC(C(C)O)C2)n1. The van der Waals surface area contributed by atoms with Crippen LogP contribution >= 0.6 is 15.9 Å². The summed E-state index contributed by atoms with van der Waals surface area (Å²) in [6, 6.07) is 1.95. The average Bonchev–Trinajstić information content (AvgIpc) is 2.77. The summed E-state index contributed by atoms with van der Waals surface area (Å²) in [5.74, 6) is 2.49. The van der Waals surface area contributed by atoms with Crippen molar-refractivity contribution in [2.45, 2.75) is 39.2 Å². The van der Waals surface area contributed by atoms with Crippen LogP contribution in [0.3, 0.4) is 0 Å². The zero-order chi connectivity index (χ0) is 13.3. The lowest BCUT2D eigenvalue weighted by atomic mass is 10.0. The third-order valence-electron chi connectivity index (χ3n) is 3.45. The Bertz CT molecular complexity index is 423. The minimum atomic E-state index is -0.246. The highest BCUT2D eigenvalue weighted by Gasteiger charge is 2.27. The van der Waals surface area contributed by atoms with E-state index in [2.05, 4.69) is 44.6 Å². The van der Waals surface area contributed by atoms with E-state index < -0.39 is 0 Å². The second-order valence-electron chi connectivity index (χ2n) is 5.30. The molecule has 2 atom stereocenters. The summed E-state index contributed by atoms with van der Waals surface area (Å²) in [6.45, 7) is 7.88. The van der Waals surface area contributed by atoms with Gasteiger partial charge in [0.15, 0.2) is 0 Å². The molecular weight excluding hydrogens is 294 g/mol. The smallest absolute Gasteiger partial charge is 0.134 e. The normalized spacial score (nSPS) is 21.7. The Labute approximate surface area is 117 Å². The van der Waals surface area contributed by atoms with Gasteiger partial charge in [-0.15, -0.1) is 0 Å². The van der Waals surface area contributed by atoms with Crippen molar-refractivity contribution in [1.29, 1.82) is 0 Å². The minimum Gasteiger partial charge on any atom is -0.393 e. The number of aromatic nitrogens is 2. The standard InChI is InChI=1S/C13H20BrN3O/c1-8(2)13-15-11(14)6-12(16-13)17-5-4-10(7-17)9(3)18/h6,8-10,18H,4-5,7H2,1-3H3. The maximum atomic E-state index is 9.65. The fraction of sp³-hybridized carbons (Fsp3) is 0.692. The summed E-state index contributed by atoms with van der Waals surface area (Å²) in [7, 11) is 0. The molecule has 1 fully saturated rings. The van der Waals surface area contributed by atoms with Crippen molar-refractivity contribution in [3.8, 4) is 0 Å². The van der Waals surface area contributed by atoms with Gasteiger partial charge in [-0.3, -0.25) is 0 Å². The number of anilines is 1. The van der Waals surface area contributed by atoms with Gasteiger partial charge in [-0.2, -0.15) is 0 Å². The van der Waals surface area contributed by atoms with E-state index in [1.54, 1.807) is 0 Å². The lowest BCUT2D eigenvalue weighted by molar-refractivity contribution is 0.136. The van der Waals surface area contributed by atoms with Crippen LogP contribution in [0.25, 0.3) is 0 Å². The van der Waals surface area contributed by atoms with E-state index in [0.717, 1.165) is 35.8 Å².